The van der Waals surface area contributed by atoms with Crippen molar-refractivity contribution in [2.45, 2.75) is 25.7 Å². The van der Waals surface area contributed by atoms with Crippen molar-refractivity contribution in [3.8, 4) is 17.3 Å². The first-order valence-corrected chi connectivity index (χ1v) is 8.44. The molecule has 1 amide bonds. The van der Waals surface area contributed by atoms with E-state index in [1.54, 1.807) is 6.07 Å². The number of nitrogens with zero attached hydrogens (tertiary/aromatic N) is 6. The first-order valence-electron chi connectivity index (χ1n) is 8.44. The molecule has 1 aliphatic carbocycles. The van der Waals surface area contributed by atoms with Crippen molar-refractivity contribution in [1.29, 1.82) is 5.26 Å². The van der Waals surface area contributed by atoms with Crippen LogP contribution in [0.3, 0.4) is 0 Å². The Labute approximate surface area is 148 Å². The predicted molar refractivity (Wildman–Crippen MR) is 90.5 cm³/mol. The lowest BCUT2D eigenvalue weighted by Crippen LogP contribution is -2.27. The Morgan fingerprint density at radius 2 is 2.15 bits per heavy atom. The Hall–Kier alpha value is -3.28. The molecule has 0 bridgehead atoms. The largest absolute Gasteiger partial charge is 0.308 e. The van der Waals surface area contributed by atoms with Crippen molar-refractivity contribution < 1.29 is 9.18 Å². The minimum absolute atomic E-state index is 0.0992. The maximum atomic E-state index is 14.5. The number of carbonyl (C=O) groups excluding carboxylic acids is 1. The highest BCUT2D eigenvalue weighted by atomic mass is 19.1. The van der Waals surface area contributed by atoms with Gasteiger partial charge in [0.05, 0.1) is 24.2 Å². The van der Waals surface area contributed by atoms with Crippen molar-refractivity contribution in [3.63, 3.8) is 0 Å². The lowest BCUT2D eigenvalue weighted by molar-refractivity contribution is -0.118. The second-order valence-corrected chi connectivity index (χ2v) is 6.21. The van der Waals surface area contributed by atoms with Gasteiger partial charge >= 0.3 is 0 Å². The molecule has 5 rings (SSSR count). The average molecular weight is 353 g/mol. The van der Waals surface area contributed by atoms with Gasteiger partial charge in [0, 0.05) is 18.3 Å². The number of H-pyrrole nitrogens is 1. The van der Waals surface area contributed by atoms with Crippen LogP contribution in [0, 0.1) is 23.2 Å². The second kappa shape index (κ2) is 6.55. The van der Waals surface area contributed by atoms with Crippen LogP contribution in [0.15, 0.2) is 24.7 Å². The molecule has 2 aliphatic rings. The Morgan fingerprint density at radius 3 is 2.77 bits per heavy atom. The third-order valence-electron chi connectivity index (χ3n) is 4.22. The molecule has 9 heteroatoms. The molecule has 0 radical (unpaired) electrons. The van der Waals surface area contributed by atoms with Gasteiger partial charge in [0.25, 0.3) is 0 Å². The molecule has 4 heterocycles. The zero-order valence-electron chi connectivity index (χ0n) is 13.9. The van der Waals surface area contributed by atoms with Crippen LogP contribution in [0.1, 0.15) is 25.7 Å². The number of imidazole rings is 1. The normalized spacial score (nSPS) is 18.5. The molecule has 1 aliphatic heterocycles. The Balaban J connectivity index is 0.000000510. The number of fused-ring (bicyclic) bond motifs is 1. The molecule has 3 aromatic rings. The highest BCUT2D eigenvalue weighted by Gasteiger charge is 2.34. The molecular formula is C17H16FN7O. The number of rotatable bonds is 2. The molecule has 0 spiro atoms. The topological polar surface area (TPSA) is 103 Å². The molecule has 132 valence electrons. The summed E-state index contributed by atoms with van der Waals surface area (Å²) >= 11 is 0. The van der Waals surface area contributed by atoms with Crippen LogP contribution in [0.4, 0.5) is 10.1 Å². The minimum atomic E-state index is -0.670. The van der Waals surface area contributed by atoms with E-state index in [2.05, 4.69) is 20.3 Å². The predicted octanol–water partition coefficient (Wildman–Crippen LogP) is 2.31. The van der Waals surface area contributed by atoms with E-state index in [0.717, 1.165) is 4.52 Å². The van der Waals surface area contributed by atoms with E-state index < -0.39 is 11.9 Å². The van der Waals surface area contributed by atoms with Crippen molar-refractivity contribution in [2.75, 3.05) is 11.4 Å². The summed E-state index contributed by atoms with van der Waals surface area (Å²) in [5, 5.41) is 19.3. The van der Waals surface area contributed by atoms with Crippen LogP contribution in [-0.4, -0.2) is 37.2 Å². The van der Waals surface area contributed by atoms with E-state index in [1.807, 2.05) is 6.07 Å². The molecule has 1 saturated heterocycles. The fourth-order valence-corrected chi connectivity index (χ4v) is 2.72. The van der Waals surface area contributed by atoms with E-state index in [9.17, 15) is 9.18 Å². The average Bonchev–Trinajstić information content (AvgIpc) is 3.24. The summed E-state index contributed by atoms with van der Waals surface area (Å²) < 4.78 is 15.6. The van der Waals surface area contributed by atoms with Crippen LogP contribution in [-0.2, 0) is 4.79 Å². The first kappa shape index (κ1) is 16.2. The van der Waals surface area contributed by atoms with Gasteiger partial charge in [0.1, 0.15) is 11.6 Å². The lowest BCUT2D eigenvalue weighted by Gasteiger charge is -2.15. The quantitative estimate of drug-likeness (QED) is 0.761. The zero-order valence-corrected chi connectivity index (χ0v) is 13.9. The molecule has 26 heavy (non-hydrogen) atoms. The van der Waals surface area contributed by atoms with Crippen LogP contribution in [0.25, 0.3) is 16.9 Å². The van der Waals surface area contributed by atoms with Gasteiger partial charge in [-0.25, -0.2) is 4.98 Å². The van der Waals surface area contributed by atoms with Gasteiger partial charge in [0.2, 0.25) is 11.9 Å². The summed E-state index contributed by atoms with van der Waals surface area (Å²) in [7, 11) is 0. The summed E-state index contributed by atoms with van der Waals surface area (Å²) in [6.07, 6.45) is 9.33. The number of nitrogens with one attached hydrogen (secondary N) is 1. The number of halogens is 1. The highest BCUT2D eigenvalue weighted by molar-refractivity contribution is 6.01. The van der Waals surface area contributed by atoms with Gasteiger partial charge in [-0.05, 0) is 12.5 Å². The maximum absolute atomic E-state index is 14.5. The Bertz CT molecular complexity index is 984. The third kappa shape index (κ3) is 2.79. The Morgan fingerprint density at radius 1 is 1.35 bits per heavy atom. The van der Waals surface area contributed by atoms with Gasteiger partial charge < -0.3 is 4.90 Å². The van der Waals surface area contributed by atoms with E-state index in [4.69, 9.17) is 5.26 Å². The molecule has 1 N–H and O–H groups in total. The number of nitriles is 1. The van der Waals surface area contributed by atoms with E-state index in [1.165, 1.54) is 42.8 Å². The highest BCUT2D eigenvalue weighted by Crippen LogP contribution is 2.30. The summed E-state index contributed by atoms with van der Waals surface area (Å²) in [6, 6.07) is 3.58. The zero-order chi connectivity index (χ0) is 18.1. The van der Waals surface area contributed by atoms with Crippen molar-refractivity contribution in [1.82, 2.24) is 24.8 Å². The van der Waals surface area contributed by atoms with E-state index in [0.29, 0.717) is 24.2 Å². The monoisotopic (exact) mass is 353 g/mol. The summed E-state index contributed by atoms with van der Waals surface area (Å²) in [6.45, 7) is 0.395. The summed E-state index contributed by atoms with van der Waals surface area (Å²) in [5.74, 6) is -1.60. The fraction of sp³-hybridized carbons (Fsp3) is 0.353. The van der Waals surface area contributed by atoms with Gasteiger partial charge in [-0.15, -0.1) is 0 Å². The molecular weight excluding hydrogens is 337 g/mol. The van der Waals surface area contributed by atoms with Crippen LogP contribution in [0.2, 0.25) is 0 Å². The van der Waals surface area contributed by atoms with Gasteiger partial charge in [0.15, 0.2) is 5.65 Å². The molecule has 0 aromatic carbocycles. The number of amides is 1. The summed E-state index contributed by atoms with van der Waals surface area (Å²) in [4.78, 5) is 18.0. The standard InChI is InChI=1S/C14H10FN7O.C3H6/c15-12-11(9-6-17-18-7-9)20-13-10(1-3-19-22(12)13)21-4-2-8(5-16)14(21)23;1-2-3-1/h1,3,6-8H,2,4H2,(H,17,18);1-3H2. The Kier molecular flexibility index (Phi) is 4.08. The third-order valence-corrected chi connectivity index (χ3v) is 4.22. The van der Waals surface area contributed by atoms with Gasteiger partial charge in [-0.3, -0.25) is 9.89 Å². The van der Waals surface area contributed by atoms with Crippen LogP contribution < -0.4 is 4.90 Å². The van der Waals surface area contributed by atoms with Gasteiger partial charge in [-0.2, -0.15) is 24.4 Å². The number of hydrogen-bond donors (Lipinski definition) is 1. The van der Waals surface area contributed by atoms with Crippen molar-refractivity contribution >= 4 is 17.2 Å². The smallest absolute Gasteiger partial charge is 0.244 e. The first-order chi connectivity index (χ1) is 12.7. The van der Waals surface area contributed by atoms with E-state index >= 15 is 0 Å². The molecule has 3 aromatic heterocycles. The van der Waals surface area contributed by atoms with Crippen molar-refractivity contribution in [2.24, 2.45) is 5.92 Å². The van der Waals surface area contributed by atoms with Crippen LogP contribution >= 0.6 is 0 Å². The number of hydrogen-bond acceptors (Lipinski definition) is 5. The van der Waals surface area contributed by atoms with Crippen molar-refractivity contribution in [3.05, 3.63) is 30.6 Å². The van der Waals surface area contributed by atoms with Crippen LogP contribution in [0.5, 0.6) is 0 Å². The molecule has 1 unspecified atom stereocenters. The van der Waals surface area contributed by atoms with E-state index in [-0.39, 0.29) is 17.2 Å². The minimum Gasteiger partial charge on any atom is -0.308 e. The van der Waals surface area contributed by atoms with Gasteiger partial charge in [-0.1, -0.05) is 19.3 Å². The summed E-state index contributed by atoms with van der Waals surface area (Å²) in [5.41, 5.74) is 1.26. The number of carbonyl (C=O) groups is 1. The fourth-order valence-electron chi connectivity index (χ4n) is 2.72. The maximum Gasteiger partial charge on any atom is 0.244 e. The number of aromatic amines is 1. The lowest BCUT2D eigenvalue weighted by atomic mass is 10.1. The molecule has 2 fully saturated rings. The molecule has 1 saturated carbocycles. The number of aromatic nitrogens is 5. The number of anilines is 1. The molecule has 1 atom stereocenters. The second-order valence-electron chi connectivity index (χ2n) is 6.21. The molecule has 8 nitrogen and oxygen atoms in total. The SMILES string of the molecule is C1CC1.N#CC1CCN(c2ccnn3c(F)c(-c4cn[nH]c4)nc23)C1=O.